The molecule has 0 saturated heterocycles. The Labute approximate surface area is 208 Å². The summed E-state index contributed by atoms with van der Waals surface area (Å²) in [7, 11) is 1.68. The lowest BCUT2D eigenvalue weighted by Gasteiger charge is -2.23. The number of hydrogen-bond acceptors (Lipinski definition) is 5. The Morgan fingerprint density at radius 2 is 1.91 bits per heavy atom. The molecule has 5 aromatic rings. The third-order valence-corrected chi connectivity index (χ3v) is 8.18. The third kappa shape index (κ3) is 4.13. The summed E-state index contributed by atoms with van der Waals surface area (Å²) in [5.74, 6) is 0.787. The Bertz CT molecular complexity index is 1570. The first-order valence-electron chi connectivity index (χ1n) is 12.0. The summed E-state index contributed by atoms with van der Waals surface area (Å²) in [5, 5.41) is 6.73. The number of fused-ring (bicyclic) bond motifs is 4. The first-order valence-corrected chi connectivity index (χ1v) is 12.8. The maximum atomic E-state index is 13.7. The van der Waals surface area contributed by atoms with Crippen LogP contribution in [-0.4, -0.2) is 22.7 Å². The minimum Gasteiger partial charge on any atom is -0.496 e. The lowest BCUT2D eigenvalue weighted by Crippen LogP contribution is -2.33. The molecule has 0 aliphatic heterocycles. The van der Waals surface area contributed by atoms with E-state index in [1.807, 2.05) is 24.3 Å². The lowest BCUT2D eigenvalue weighted by molar-refractivity contribution is 0.409. The van der Waals surface area contributed by atoms with Crippen LogP contribution in [0.1, 0.15) is 28.0 Å². The van der Waals surface area contributed by atoms with Gasteiger partial charge < -0.3 is 10.1 Å². The van der Waals surface area contributed by atoms with Crippen molar-refractivity contribution in [3.63, 3.8) is 0 Å². The van der Waals surface area contributed by atoms with E-state index in [9.17, 15) is 4.79 Å². The van der Waals surface area contributed by atoms with Gasteiger partial charge in [-0.3, -0.25) is 9.36 Å². The maximum absolute atomic E-state index is 13.7. The van der Waals surface area contributed by atoms with Crippen LogP contribution < -0.4 is 15.6 Å². The summed E-state index contributed by atoms with van der Waals surface area (Å²) >= 11 is 1.68. The van der Waals surface area contributed by atoms with E-state index >= 15 is 0 Å². The third-order valence-electron chi connectivity index (χ3n) is 7.02. The van der Waals surface area contributed by atoms with Gasteiger partial charge in [0, 0.05) is 23.0 Å². The quantitative estimate of drug-likeness (QED) is 0.357. The highest BCUT2D eigenvalue weighted by Crippen LogP contribution is 2.34. The molecule has 176 valence electrons. The molecule has 5 nitrogen and oxygen atoms in total. The van der Waals surface area contributed by atoms with Crippen molar-refractivity contribution in [1.29, 1.82) is 0 Å². The normalized spacial score (nSPS) is 15.4. The first-order chi connectivity index (χ1) is 17.2. The van der Waals surface area contributed by atoms with Crippen molar-refractivity contribution < 1.29 is 4.74 Å². The van der Waals surface area contributed by atoms with Gasteiger partial charge in [-0.05, 0) is 47.2 Å². The second-order valence-corrected chi connectivity index (χ2v) is 10.2. The molecule has 0 fully saturated rings. The van der Waals surface area contributed by atoms with Crippen molar-refractivity contribution in [2.24, 2.45) is 0 Å². The summed E-state index contributed by atoms with van der Waals surface area (Å²) < 4.78 is 7.39. The van der Waals surface area contributed by atoms with E-state index in [0.29, 0.717) is 12.6 Å². The van der Waals surface area contributed by atoms with Gasteiger partial charge in [0.25, 0.3) is 5.56 Å². The summed E-state index contributed by atoms with van der Waals surface area (Å²) in [5.41, 5.74) is 3.53. The number of ether oxygens (including phenoxy) is 1. The molecule has 0 saturated carbocycles. The molecule has 1 atom stereocenters. The summed E-state index contributed by atoms with van der Waals surface area (Å²) in [6.07, 6.45) is 4.57. The number of methoxy groups -OCH3 is 1. The molecule has 2 aromatic heterocycles. The Balaban J connectivity index is 1.31. The van der Waals surface area contributed by atoms with E-state index in [1.54, 1.807) is 29.3 Å². The average molecular weight is 482 g/mol. The van der Waals surface area contributed by atoms with E-state index in [2.05, 4.69) is 47.8 Å². The molecule has 0 spiro atoms. The minimum atomic E-state index is 0.0400. The zero-order valence-corrected chi connectivity index (χ0v) is 20.5. The predicted octanol–water partition coefficient (Wildman–Crippen LogP) is 5.32. The number of aryl methyl sites for hydroxylation is 1. The zero-order valence-electron chi connectivity index (χ0n) is 19.7. The molecule has 0 unspecified atom stereocenters. The Morgan fingerprint density at radius 3 is 2.77 bits per heavy atom. The van der Waals surface area contributed by atoms with Crippen LogP contribution in [0, 0.1) is 0 Å². The van der Waals surface area contributed by atoms with E-state index in [0.717, 1.165) is 58.1 Å². The highest BCUT2D eigenvalue weighted by atomic mass is 32.1. The monoisotopic (exact) mass is 481 g/mol. The topological polar surface area (TPSA) is 56.2 Å². The van der Waals surface area contributed by atoms with E-state index in [4.69, 9.17) is 9.72 Å². The van der Waals surface area contributed by atoms with Crippen molar-refractivity contribution in [3.05, 3.63) is 105 Å². The van der Waals surface area contributed by atoms with Gasteiger partial charge in [-0.2, -0.15) is 0 Å². The second-order valence-electron chi connectivity index (χ2n) is 9.14. The van der Waals surface area contributed by atoms with Gasteiger partial charge in [0.1, 0.15) is 10.6 Å². The smallest absolute Gasteiger partial charge is 0.262 e. The molecule has 1 aliphatic carbocycles. The van der Waals surface area contributed by atoms with E-state index < -0.39 is 0 Å². The molecule has 6 rings (SSSR count). The number of benzene rings is 3. The van der Waals surface area contributed by atoms with Crippen LogP contribution in [-0.2, 0) is 25.9 Å². The highest BCUT2D eigenvalue weighted by Gasteiger charge is 2.25. The second kappa shape index (κ2) is 9.29. The van der Waals surface area contributed by atoms with Crippen LogP contribution in [0.15, 0.2) is 77.9 Å². The Morgan fingerprint density at radius 1 is 1.09 bits per heavy atom. The van der Waals surface area contributed by atoms with Gasteiger partial charge in [0.2, 0.25) is 0 Å². The molecule has 1 aliphatic rings. The molecule has 0 amide bonds. The molecule has 0 bridgehead atoms. The van der Waals surface area contributed by atoms with Crippen LogP contribution in [0.25, 0.3) is 21.0 Å². The zero-order chi connectivity index (χ0) is 23.8. The molecule has 2 heterocycles. The number of thiophene rings is 1. The first kappa shape index (κ1) is 22.0. The lowest BCUT2D eigenvalue weighted by atomic mass is 9.93. The van der Waals surface area contributed by atoms with Crippen LogP contribution in [0.2, 0.25) is 0 Å². The van der Waals surface area contributed by atoms with Gasteiger partial charge >= 0.3 is 0 Å². The fraction of sp³-hybridized carbons (Fsp3) is 0.241. The van der Waals surface area contributed by atoms with Crippen molar-refractivity contribution in [2.45, 2.75) is 38.4 Å². The van der Waals surface area contributed by atoms with Crippen LogP contribution >= 0.6 is 11.3 Å². The number of hydrogen-bond donors (Lipinski definition) is 1. The van der Waals surface area contributed by atoms with E-state index in [-0.39, 0.29) is 5.56 Å². The van der Waals surface area contributed by atoms with Crippen molar-refractivity contribution >= 4 is 32.3 Å². The van der Waals surface area contributed by atoms with Crippen LogP contribution in [0.3, 0.4) is 0 Å². The number of nitrogens with zero attached hydrogens (tertiary/aromatic N) is 2. The van der Waals surface area contributed by atoms with Crippen LogP contribution in [0.4, 0.5) is 0 Å². The fourth-order valence-electron chi connectivity index (χ4n) is 5.19. The molecule has 35 heavy (non-hydrogen) atoms. The van der Waals surface area contributed by atoms with Crippen molar-refractivity contribution in [3.8, 4) is 5.75 Å². The standard InChI is InChI=1S/C29H27N3O2S/c1-34-25-14-11-20-9-5-6-10-22(20)24(25)17-32-18-31-28-27(29(32)33)23-13-12-21(15-26(23)35-28)30-16-19-7-3-2-4-8-19/h2-11,14,18,21,30H,12-13,15-17H2,1H3/t21-/m1/s1. The van der Waals surface area contributed by atoms with Crippen molar-refractivity contribution in [1.82, 2.24) is 14.9 Å². The highest BCUT2D eigenvalue weighted by molar-refractivity contribution is 7.18. The summed E-state index contributed by atoms with van der Waals surface area (Å²) in [6.45, 7) is 1.29. The van der Waals surface area contributed by atoms with Gasteiger partial charge in [-0.1, -0.05) is 60.7 Å². The van der Waals surface area contributed by atoms with Crippen LogP contribution in [0.5, 0.6) is 5.75 Å². The van der Waals surface area contributed by atoms with E-state index in [1.165, 1.54) is 16.0 Å². The van der Waals surface area contributed by atoms with Gasteiger partial charge in [0.15, 0.2) is 0 Å². The molecule has 1 N–H and O–H groups in total. The average Bonchev–Trinajstić information content (AvgIpc) is 3.28. The molecule has 6 heteroatoms. The van der Waals surface area contributed by atoms with Crippen molar-refractivity contribution in [2.75, 3.05) is 7.11 Å². The Kier molecular flexibility index (Phi) is 5.84. The van der Waals surface area contributed by atoms with Gasteiger partial charge in [0.05, 0.1) is 25.4 Å². The molecular weight excluding hydrogens is 454 g/mol. The SMILES string of the molecule is COc1ccc2ccccc2c1Cn1cnc2sc3c(c2c1=O)CC[C@@H](NCc1ccccc1)C3. The summed E-state index contributed by atoms with van der Waals surface area (Å²) in [4.78, 5) is 20.5. The number of rotatable bonds is 6. The largest absolute Gasteiger partial charge is 0.496 e. The molecule has 0 radical (unpaired) electrons. The fourth-order valence-corrected chi connectivity index (χ4v) is 6.44. The molecular formula is C29H27N3O2S. The van der Waals surface area contributed by atoms with Gasteiger partial charge in [-0.25, -0.2) is 4.98 Å². The predicted molar refractivity (Wildman–Crippen MR) is 143 cm³/mol. The Hall–Kier alpha value is -3.48. The number of aromatic nitrogens is 2. The molecule has 3 aromatic carbocycles. The maximum Gasteiger partial charge on any atom is 0.262 e. The summed E-state index contributed by atoms with van der Waals surface area (Å²) in [6, 6.07) is 23.2. The number of nitrogens with one attached hydrogen (secondary N) is 1. The van der Waals surface area contributed by atoms with Gasteiger partial charge in [-0.15, -0.1) is 11.3 Å². The minimum absolute atomic E-state index is 0.0400.